The Labute approximate surface area is 291 Å². The van der Waals surface area contributed by atoms with Crippen LogP contribution in [0.2, 0.25) is 0 Å². The molecule has 4 fully saturated rings. The van der Waals surface area contributed by atoms with Gasteiger partial charge in [0, 0.05) is 5.92 Å². The quantitative estimate of drug-likeness (QED) is 0.302. The number of carbonyl (C=O) groups excluding carboxylic acids is 1. The first-order valence-electron chi connectivity index (χ1n) is 18.3. The minimum Gasteiger partial charge on any atom is -0.508 e. The Balaban J connectivity index is 0.000000147. The summed E-state index contributed by atoms with van der Waals surface area (Å²) in [6, 6.07) is 7.91. The van der Waals surface area contributed by atoms with Crippen molar-refractivity contribution in [1.29, 1.82) is 0 Å². The number of allylic oxidation sites excluding steroid dienone is 1. The summed E-state index contributed by atoms with van der Waals surface area (Å²) in [4.78, 5) is 12.1. The molecular formula is C42H55IO3. The lowest BCUT2D eigenvalue weighted by molar-refractivity contribution is -0.125. The van der Waals surface area contributed by atoms with E-state index in [0.29, 0.717) is 34.5 Å². The van der Waals surface area contributed by atoms with Crippen molar-refractivity contribution in [3.05, 3.63) is 67.8 Å². The number of phenolic OH excluding ortho intramolecular Hbond substituents is 2. The molecule has 0 bridgehead atoms. The highest BCUT2D eigenvalue weighted by atomic mass is 127. The Hall–Kier alpha value is -1.82. The van der Waals surface area contributed by atoms with E-state index in [2.05, 4.69) is 56.9 Å². The monoisotopic (exact) mass is 734 g/mol. The van der Waals surface area contributed by atoms with Gasteiger partial charge in [-0.3, -0.25) is 4.79 Å². The predicted molar refractivity (Wildman–Crippen MR) is 196 cm³/mol. The Bertz CT molecular complexity index is 1440. The van der Waals surface area contributed by atoms with E-state index >= 15 is 0 Å². The van der Waals surface area contributed by atoms with Gasteiger partial charge in [-0.15, -0.1) is 0 Å². The van der Waals surface area contributed by atoms with E-state index in [4.69, 9.17) is 0 Å². The predicted octanol–water partition coefficient (Wildman–Crippen LogP) is 10.9. The van der Waals surface area contributed by atoms with Gasteiger partial charge in [-0.05, 0) is 234 Å². The topological polar surface area (TPSA) is 57.5 Å². The SMILES string of the molecule is C=C(I)[C@H]1CCC2C3CCc4cc(O)cc(C)c4C3CC[C@@]21C.CC(=O)[C@H]1CCC2C3CCc4cc(O)cc(C)c4C3CC[C@@]21C. The van der Waals surface area contributed by atoms with Crippen LogP contribution in [0.5, 0.6) is 11.5 Å². The molecule has 0 spiro atoms. The number of Topliss-reactive ketones (excluding diaryl/α,β-unsaturated/α-hetero) is 1. The fraction of sp³-hybridized carbons (Fsp3) is 0.643. The minimum atomic E-state index is 0.231. The average molecular weight is 735 g/mol. The highest BCUT2D eigenvalue weighted by Crippen LogP contribution is 2.66. The fourth-order valence-corrected chi connectivity index (χ4v) is 14.1. The molecule has 2 aromatic carbocycles. The molecule has 8 rings (SSSR count). The summed E-state index contributed by atoms with van der Waals surface area (Å²) < 4.78 is 1.38. The van der Waals surface area contributed by atoms with Gasteiger partial charge in [0.1, 0.15) is 17.3 Å². The van der Waals surface area contributed by atoms with Crippen LogP contribution in [0.1, 0.15) is 130 Å². The van der Waals surface area contributed by atoms with Crippen LogP contribution in [0.3, 0.4) is 0 Å². The maximum absolute atomic E-state index is 12.1. The lowest BCUT2D eigenvalue weighted by Gasteiger charge is -2.51. The van der Waals surface area contributed by atoms with Crippen LogP contribution in [0, 0.1) is 60.2 Å². The van der Waals surface area contributed by atoms with Crippen molar-refractivity contribution >= 4 is 28.4 Å². The number of halogens is 1. The molecule has 2 N–H and O–H groups in total. The van der Waals surface area contributed by atoms with Crippen LogP contribution in [0.25, 0.3) is 0 Å². The molecule has 0 aliphatic heterocycles. The van der Waals surface area contributed by atoms with Gasteiger partial charge in [-0.2, -0.15) is 0 Å². The van der Waals surface area contributed by atoms with Crippen molar-refractivity contribution in [2.45, 2.75) is 124 Å². The van der Waals surface area contributed by atoms with Gasteiger partial charge in [0.15, 0.2) is 0 Å². The first-order valence-corrected chi connectivity index (χ1v) is 19.4. The summed E-state index contributed by atoms with van der Waals surface area (Å²) in [6.07, 6.45) is 14.9. The van der Waals surface area contributed by atoms with Gasteiger partial charge in [-0.1, -0.05) is 20.4 Å². The molecule has 46 heavy (non-hydrogen) atoms. The van der Waals surface area contributed by atoms with Crippen LogP contribution in [-0.2, 0) is 17.6 Å². The van der Waals surface area contributed by atoms with Gasteiger partial charge in [0.05, 0.1) is 0 Å². The number of hydrogen-bond donors (Lipinski definition) is 2. The third-order valence-corrected chi connectivity index (χ3v) is 15.6. The molecule has 2 aromatic rings. The first-order chi connectivity index (χ1) is 21.8. The second-order valence-corrected chi connectivity index (χ2v) is 18.3. The van der Waals surface area contributed by atoms with E-state index in [1.807, 2.05) is 24.3 Å². The molecule has 0 radical (unpaired) electrons. The van der Waals surface area contributed by atoms with E-state index in [9.17, 15) is 15.0 Å². The zero-order valence-electron chi connectivity index (χ0n) is 28.8. The second kappa shape index (κ2) is 11.9. The number of rotatable bonds is 2. The summed E-state index contributed by atoms with van der Waals surface area (Å²) in [5.74, 6) is 6.77. The normalized spacial score (nSPS) is 38.6. The molecule has 4 heteroatoms. The van der Waals surface area contributed by atoms with Gasteiger partial charge in [0.2, 0.25) is 0 Å². The summed E-state index contributed by atoms with van der Waals surface area (Å²) >= 11 is 2.48. The van der Waals surface area contributed by atoms with Crippen molar-refractivity contribution in [1.82, 2.24) is 0 Å². The van der Waals surface area contributed by atoms with Crippen molar-refractivity contribution in [2.75, 3.05) is 0 Å². The number of hydrogen-bond acceptors (Lipinski definition) is 3. The van der Waals surface area contributed by atoms with Crippen molar-refractivity contribution < 1.29 is 15.0 Å². The van der Waals surface area contributed by atoms with Gasteiger partial charge in [0.25, 0.3) is 0 Å². The van der Waals surface area contributed by atoms with Crippen LogP contribution in [0.4, 0.5) is 0 Å². The smallest absolute Gasteiger partial charge is 0.133 e. The summed E-state index contributed by atoms with van der Waals surface area (Å²) in [6.45, 7) is 15.4. The lowest BCUT2D eigenvalue weighted by atomic mass is 9.53. The van der Waals surface area contributed by atoms with Crippen molar-refractivity contribution in [3.63, 3.8) is 0 Å². The molecule has 0 amide bonds. The Kier molecular flexibility index (Phi) is 8.50. The Morgan fingerprint density at radius 1 is 0.717 bits per heavy atom. The van der Waals surface area contributed by atoms with E-state index in [0.717, 1.165) is 48.9 Å². The number of phenols is 2. The van der Waals surface area contributed by atoms with Gasteiger partial charge in [-0.25, -0.2) is 0 Å². The third-order valence-electron chi connectivity index (χ3n) is 14.9. The van der Waals surface area contributed by atoms with E-state index < -0.39 is 0 Å². The van der Waals surface area contributed by atoms with Gasteiger partial charge >= 0.3 is 0 Å². The molecule has 6 aliphatic carbocycles. The second-order valence-electron chi connectivity index (χ2n) is 16.9. The van der Waals surface area contributed by atoms with Crippen LogP contribution in [-0.4, -0.2) is 16.0 Å². The van der Waals surface area contributed by atoms with Crippen LogP contribution < -0.4 is 0 Å². The number of fused-ring (bicyclic) bond motifs is 10. The minimum absolute atomic E-state index is 0.231. The zero-order valence-corrected chi connectivity index (χ0v) is 31.0. The van der Waals surface area contributed by atoms with Gasteiger partial charge < -0.3 is 10.2 Å². The highest BCUT2D eigenvalue weighted by molar-refractivity contribution is 14.1. The number of benzene rings is 2. The molecule has 6 unspecified atom stereocenters. The lowest BCUT2D eigenvalue weighted by Crippen LogP contribution is -2.43. The molecule has 0 saturated heterocycles. The average Bonchev–Trinajstić information content (AvgIpc) is 3.54. The first kappa shape index (κ1) is 32.7. The van der Waals surface area contributed by atoms with E-state index in [1.165, 1.54) is 89.2 Å². The van der Waals surface area contributed by atoms with E-state index in [-0.39, 0.29) is 11.3 Å². The Morgan fingerprint density at radius 3 is 1.59 bits per heavy atom. The zero-order chi connectivity index (χ0) is 32.7. The largest absolute Gasteiger partial charge is 0.508 e. The number of carbonyl (C=O) groups is 1. The molecule has 3 nitrogen and oxygen atoms in total. The molecule has 10 atom stereocenters. The molecule has 6 aliphatic rings. The number of aryl methyl sites for hydroxylation is 4. The number of aromatic hydroxyl groups is 2. The fourth-order valence-electron chi connectivity index (χ4n) is 13.1. The van der Waals surface area contributed by atoms with E-state index in [1.54, 1.807) is 12.5 Å². The van der Waals surface area contributed by atoms with Crippen LogP contribution in [0.15, 0.2) is 34.4 Å². The van der Waals surface area contributed by atoms with Crippen LogP contribution >= 0.6 is 22.6 Å². The van der Waals surface area contributed by atoms with Crippen molar-refractivity contribution in [2.24, 2.45) is 46.3 Å². The Morgan fingerprint density at radius 2 is 1.15 bits per heavy atom. The number of ketones is 1. The molecule has 0 heterocycles. The maximum atomic E-state index is 12.1. The molecule has 248 valence electrons. The summed E-state index contributed by atoms with van der Waals surface area (Å²) in [7, 11) is 0. The summed E-state index contributed by atoms with van der Waals surface area (Å²) in [5.41, 5.74) is 9.17. The molecular weight excluding hydrogens is 679 g/mol. The standard InChI is InChI=1S/C21H27IO.C21H28O2/c2*1-12-10-15(23)11-14-4-5-16-17(20(12)14)8-9-21(3)18(13(2)22)6-7-19(16)21/h10-11,16-19,23H,2,4-9H2,1,3H3;10-11,16-19,23H,4-9H2,1-3H3/t2*16?,17?,18-,19?,21-/m11/s1. The molecule has 4 saturated carbocycles. The molecule has 0 aromatic heterocycles. The third kappa shape index (κ3) is 5.12. The maximum Gasteiger partial charge on any atom is 0.133 e. The summed E-state index contributed by atoms with van der Waals surface area (Å²) in [5, 5.41) is 19.9. The highest BCUT2D eigenvalue weighted by Gasteiger charge is 2.57. The van der Waals surface area contributed by atoms with Crippen molar-refractivity contribution in [3.8, 4) is 11.5 Å².